The number of aliphatic imine (C=N–C) groups is 1. The van der Waals surface area contributed by atoms with Gasteiger partial charge in [0.25, 0.3) is 0 Å². The van der Waals surface area contributed by atoms with Gasteiger partial charge in [0.2, 0.25) is 0 Å². The predicted molar refractivity (Wildman–Crippen MR) is 80.8 cm³/mol. The van der Waals surface area contributed by atoms with Crippen molar-refractivity contribution in [2.75, 3.05) is 33.4 Å². The van der Waals surface area contributed by atoms with Crippen LogP contribution in [0.4, 0.5) is 0 Å². The normalized spacial score (nSPS) is 11.7. The first-order chi connectivity index (χ1) is 9.17. The number of hydrogen-bond donors (Lipinski definition) is 1. The molecular weight excluding hydrogens is 260 g/mol. The van der Waals surface area contributed by atoms with Crippen molar-refractivity contribution in [3.05, 3.63) is 16.1 Å². The first-order valence-corrected chi connectivity index (χ1v) is 7.53. The van der Waals surface area contributed by atoms with Crippen LogP contribution in [0, 0.1) is 6.92 Å². The lowest BCUT2D eigenvalue weighted by Crippen LogP contribution is -2.38. The van der Waals surface area contributed by atoms with E-state index < -0.39 is 0 Å². The zero-order valence-corrected chi connectivity index (χ0v) is 13.1. The van der Waals surface area contributed by atoms with E-state index in [-0.39, 0.29) is 0 Å². The van der Waals surface area contributed by atoms with Crippen LogP contribution < -0.4 is 5.32 Å². The molecule has 6 heteroatoms. The van der Waals surface area contributed by atoms with Crippen molar-refractivity contribution in [2.24, 2.45) is 4.99 Å². The molecule has 0 aliphatic rings. The molecule has 1 heterocycles. The van der Waals surface area contributed by atoms with Gasteiger partial charge in [-0.3, -0.25) is 4.99 Å². The molecule has 0 bridgehead atoms. The van der Waals surface area contributed by atoms with Crippen LogP contribution >= 0.6 is 11.3 Å². The Bertz CT molecular complexity index is 392. The molecule has 0 saturated carbocycles. The quantitative estimate of drug-likeness (QED) is 0.472. The fourth-order valence-electron chi connectivity index (χ4n) is 1.63. The van der Waals surface area contributed by atoms with E-state index in [2.05, 4.69) is 32.5 Å². The highest BCUT2D eigenvalue weighted by atomic mass is 32.1. The maximum Gasteiger partial charge on any atom is 0.194 e. The van der Waals surface area contributed by atoms with Gasteiger partial charge in [0.1, 0.15) is 0 Å². The van der Waals surface area contributed by atoms with Crippen molar-refractivity contribution in [3.8, 4) is 0 Å². The molecule has 1 aromatic rings. The number of ether oxygens (including phenoxy) is 1. The predicted octanol–water partition coefficient (Wildman–Crippen LogP) is 1.89. The summed E-state index contributed by atoms with van der Waals surface area (Å²) < 4.78 is 5.30. The summed E-state index contributed by atoms with van der Waals surface area (Å²) >= 11 is 1.68. The van der Waals surface area contributed by atoms with Crippen LogP contribution in [-0.2, 0) is 11.3 Å². The van der Waals surface area contributed by atoms with Gasteiger partial charge in [0.15, 0.2) is 5.96 Å². The average Bonchev–Trinajstić information content (AvgIpc) is 2.78. The Morgan fingerprint density at radius 3 is 2.89 bits per heavy atom. The second-order valence-electron chi connectivity index (χ2n) is 4.15. The van der Waals surface area contributed by atoms with E-state index in [4.69, 9.17) is 4.74 Å². The molecule has 108 valence electrons. The first kappa shape index (κ1) is 15.9. The molecule has 1 aromatic heterocycles. The molecule has 0 atom stereocenters. The van der Waals surface area contributed by atoms with Gasteiger partial charge in [-0.1, -0.05) is 0 Å². The van der Waals surface area contributed by atoms with E-state index in [9.17, 15) is 0 Å². The van der Waals surface area contributed by atoms with E-state index in [1.54, 1.807) is 11.3 Å². The third-order valence-corrected chi connectivity index (χ3v) is 3.29. The highest BCUT2D eigenvalue weighted by Gasteiger charge is 2.08. The van der Waals surface area contributed by atoms with Crippen LogP contribution in [0.3, 0.4) is 0 Å². The molecule has 19 heavy (non-hydrogen) atoms. The van der Waals surface area contributed by atoms with Crippen molar-refractivity contribution in [2.45, 2.75) is 27.3 Å². The topological polar surface area (TPSA) is 49.8 Å². The highest BCUT2D eigenvalue weighted by Crippen LogP contribution is 2.09. The number of nitrogens with zero attached hydrogens (tertiary/aromatic N) is 3. The second-order valence-corrected chi connectivity index (χ2v) is 5.21. The van der Waals surface area contributed by atoms with Gasteiger partial charge in [-0.25, -0.2) is 4.98 Å². The van der Waals surface area contributed by atoms with Crippen LogP contribution in [0.2, 0.25) is 0 Å². The summed E-state index contributed by atoms with van der Waals surface area (Å²) in [6.45, 7) is 9.78. The van der Waals surface area contributed by atoms with Gasteiger partial charge in [-0.2, -0.15) is 0 Å². The average molecular weight is 284 g/mol. The standard InChI is InChI=1S/C13H24N4OS/c1-5-14-13(15-7-8-18-6-2)17(4)9-12-10-19-11(3)16-12/h10H,5-9H2,1-4H3,(H,14,15). The number of thiazole rings is 1. The Morgan fingerprint density at radius 1 is 1.53 bits per heavy atom. The Labute approximate surface area is 119 Å². The molecule has 0 aliphatic heterocycles. The Balaban J connectivity index is 2.53. The summed E-state index contributed by atoms with van der Waals surface area (Å²) in [5.41, 5.74) is 1.08. The Hall–Kier alpha value is -1.14. The van der Waals surface area contributed by atoms with Gasteiger partial charge < -0.3 is 15.0 Å². The van der Waals surface area contributed by atoms with E-state index in [0.717, 1.165) is 36.4 Å². The number of hydrogen-bond acceptors (Lipinski definition) is 4. The molecule has 1 rings (SSSR count). The van der Waals surface area contributed by atoms with Crippen molar-refractivity contribution in [3.63, 3.8) is 0 Å². The number of rotatable bonds is 7. The van der Waals surface area contributed by atoms with Crippen LogP contribution in [0.5, 0.6) is 0 Å². The zero-order valence-electron chi connectivity index (χ0n) is 12.3. The summed E-state index contributed by atoms with van der Waals surface area (Å²) in [7, 11) is 2.02. The SMILES string of the molecule is CCNC(=NCCOCC)N(C)Cc1csc(C)n1. The van der Waals surface area contributed by atoms with Gasteiger partial charge >= 0.3 is 0 Å². The first-order valence-electron chi connectivity index (χ1n) is 6.65. The minimum Gasteiger partial charge on any atom is -0.380 e. The smallest absolute Gasteiger partial charge is 0.194 e. The Morgan fingerprint density at radius 2 is 2.32 bits per heavy atom. The highest BCUT2D eigenvalue weighted by molar-refractivity contribution is 7.09. The van der Waals surface area contributed by atoms with E-state index in [1.165, 1.54) is 0 Å². The molecule has 0 amide bonds. The maximum atomic E-state index is 5.30. The van der Waals surface area contributed by atoms with Gasteiger partial charge in [0.05, 0.1) is 30.4 Å². The number of aryl methyl sites for hydroxylation is 1. The van der Waals surface area contributed by atoms with Crippen LogP contribution in [0.1, 0.15) is 24.5 Å². The lowest BCUT2D eigenvalue weighted by Gasteiger charge is -2.21. The molecule has 5 nitrogen and oxygen atoms in total. The van der Waals surface area contributed by atoms with Gasteiger partial charge in [-0.15, -0.1) is 11.3 Å². The lowest BCUT2D eigenvalue weighted by molar-refractivity contribution is 0.155. The summed E-state index contributed by atoms with van der Waals surface area (Å²) in [5, 5.41) is 6.47. The van der Waals surface area contributed by atoms with Crippen molar-refractivity contribution in [1.29, 1.82) is 0 Å². The van der Waals surface area contributed by atoms with Gasteiger partial charge in [0, 0.05) is 25.6 Å². The zero-order chi connectivity index (χ0) is 14.1. The van der Waals surface area contributed by atoms with Crippen LogP contribution in [0.25, 0.3) is 0 Å². The fourth-order valence-corrected chi connectivity index (χ4v) is 2.23. The molecule has 1 N–H and O–H groups in total. The van der Waals surface area contributed by atoms with E-state index >= 15 is 0 Å². The van der Waals surface area contributed by atoms with Crippen molar-refractivity contribution >= 4 is 17.3 Å². The maximum absolute atomic E-state index is 5.30. The molecule has 0 spiro atoms. The minimum atomic E-state index is 0.662. The third-order valence-electron chi connectivity index (χ3n) is 2.46. The van der Waals surface area contributed by atoms with E-state index in [1.807, 2.05) is 20.9 Å². The second kappa shape index (κ2) is 8.87. The van der Waals surface area contributed by atoms with Crippen LogP contribution in [-0.4, -0.2) is 49.2 Å². The lowest BCUT2D eigenvalue weighted by atomic mass is 10.4. The monoisotopic (exact) mass is 284 g/mol. The minimum absolute atomic E-state index is 0.662. The number of guanidine groups is 1. The van der Waals surface area contributed by atoms with Crippen molar-refractivity contribution in [1.82, 2.24) is 15.2 Å². The van der Waals surface area contributed by atoms with Gasteiger partial charge in [-0.05, 0) is 20.8 Å². The Kier molecular flexibility index (Phi) is 7.43. The fraction of sp³-hybridized carbons (Fsp3) is 0.692. The largest absolute Gasteiger partial charge is 0.380 e. The number of nitrogens with one attached hydrogen (secondary N) is 1. The molecule has 0 saturated heterocycles. The van der Waals surface area contributed by atoms with Crippen LogP contribution in [0.15, 0.2) is 10.4 Å². The number of aromatic nitrogens is 1. The molecule has 0 aliphatic carbocycles. The molecular formula is C13H24N4OS. The summed E-state index contributed by atoms with van der Waals surface area (Å²) in [4.78, 5) is 11.1. The summed E-state index contributed by atoms with van der Waals surface area (Å²) in [6.07, 6.45) is 0. The molecule has 0 aromatic carbocycles. The molecule has 0 unspecified atom stereocenters. The van der Waals surface area contributed by atoms with Crippen molar-refractivity contribution < 1.29 is 4.74 Å². The molecule has 0 fully saturated rings. The summed E-state index contributed by atoms with van der Waals surface area (Å²) in [5.74, 6) is 0.896. The third kappa shape index (κ3) is 6.02. The summed E-state index contributed by atoms with van der Waals surface area (Å²) in [6, 6.07) is 0. The van der Waals surface area contributed by atoms with E-state index in [0.29, 0.717) is 13.2 Å². The molecule has 0 radical (unpaired) electrons.